The molecule has 0 saturated heterocycles. The molecular weight excluding hydrogens is 142 g/mol. The summed E-state index contributed by atoms with van der Waals surface area (Å²) in [6.07, 6.45) is 0.981. The first-order chi connectivity index (χ1) is 5.17. The van der Waals surface area contributed by atoms with Gasteiger partial charge in [-0.25, -0.2) is 5.43 Å². The number of rotatable bonds is 0. The van der Waals surface area contributed by atoms with E-state index in [1.54, 1.807) is 0 Å². The molecule has 0 atom stereocenters. The van der Waals surface area contributed by atoms with Crippen molar-refractivity contribution in [1.82, 2.24) is 16.2 Å². The molecule has 4 heteroatoms. The van der Waals surface area contributed by atoms with E-state index >= 15 is 0 Å². The zero-order valence-corrected chi connectivity index (χ0v) is 6.82. The Morgan fingerprint density at radius 2 is 2.27 bits per heavy atom. The molecule has 0 amide bonds. The average Bonchev–Trinajstić information content (AvgIpc) is 2.31. The van der Waals surface area contributed by atoms with Gasteiger partial charge in [-0.3, -0.25) is 5.43 Å². The molecule has 0 saturated carbocycles. The van der Waals surface area contributed by atoms with E-state index in [4.69, 9.17) is 4.74 Å². The van der Waals surface area contributed by atoms with Crippen molar-refractivity contribution in [2.75, 3.05) is 6.73 Å². The Morgan fingerprint density at radius 3 is 3.09 bits per heavy atom. The van der Waals surface area contributed by atoms with E-state index in [0.717, 1.165) is 12.3 Å². The highest BCUT2D eigenvalue weighted by molar-refractivity contribution is 5.15. The molecule has 2 heterocycles. The second kappa shape index (κ2) is 2.04. The van der Waals surface area contributed by atoms with Crippen LogP contribution in [0.2, 0.25) is 0 Å². The summed E-state index contributed by atoms with van der Waals surface area (Å²) in [5, 5.41) is 3.17. The Labute approximate surface area is 66.0 Å². The molecule has 3 N–H and O–H groups in total. The Hall–Kier alpha value is -0.900. The minimum atomic E-state index is 0.111. The third-order valence-corrected chi connectivity index (χ3v) is 1.91. The normalized spacial score (nSPS) is 26.7. The van der Waals surface area contributed by atoms with Crippen molar-refractivity contribution in [3.8, 4) is 0 Å². The van der Waals surface area contributed by atoms with E-state index in [1.165, 1.54) is 5.70 Å². The Bertz CT molecular complexity index is 210. The fourth-order valence-electron chi connectivity index (χ4n) is 1.33. The van der Waals surface area contributed by atoms with Crippen LogP contribution in [0.15, 0.2) is 11.6 Å². The summed E-state index contributed by atoms with van der Waals surface area (Å²) in [6.45, 7) is 4.88. The zero-order chi connectivity index (χ0) is 7.90. The van der Waals surface area contributed by atoms with Gasteiger partial charge in [-0.2, -0.15) is 0 Å². The van der Waals surface area contributed by atoms with Gasteiger partial charge in [0.1, 0.15) is 0 Å². The zero-order valence-electron chi connectivity index (χ0n) is 6.82. The number of nitrogens with one attached hydrogen (secondary N) is 3. The largest absolute Gasteiger partial charge is 0.456 e. The van der Waals surface area contributed by atoms with Crippen LogP contribution in [0.3, 0.4) is 0 Å². The third-order valence-electron chi connectivity index (χ3n) is 1.91. The van der Waals surface area contributed by atoms with Crippen molar-refractivity contribution in [1.29, 1.82) is 0 Å². The molecule has 2 rings (SSSR count). The first-order valence-electron chi connectivity index (χ1n) is 3.80. The van der Waals surface area contributed by atoms with Crippen LogP contribution in [0.4, 0.5) is 0 Å². The van der Waals surface area contributed by atoms with Crippen molar-refractivity contribution in [3.63, 3.8) is 0 Å². The predicted octanol–water partition coefficient (Wildman–Crippen LogP) is 0.00930. The van der Waals surface area contributed by atoms with Gasteiger partial charge < -0.3 is 10.1 Å². The van der Waals surface area contributed by atoms with Crippen LogP contribution >= 0.6 is 0 Å². The van der Waals surface area contributed by atoms with Gasteiger partial charge in [-0.1, -0.05) is 0 Å². The number of hydrogen-bond acceptors (Lipinski definition) is 4. The van der Waals surface area contributed by atoms with Gasteiger partial charge in [-0.05, 0) is 13.8 Å². The van der Waals surface area contributed by atoms with Gasteiger partial charge in [0.15, 0.2) is 6.73 Å². The van der Waals surface area contributed by atoms with E-state index < -0.39 is 0 Å². The molecule has 0 aliphatic carbocycles. The molecule has 2 aliphatic rings. The molecule has 11 heavy (non-hydrogen) atoms. The highest BCUT2D eigenvalue weighted by Gasteiger charge is 2.29. The molecule has 4 nitrogen and oxygen atoms in total. The summed E-state index contributed by atoms with van der Waals surface area (Å²) < 4.78 is 5.25. The van der Waals surface area contributed by atoms with Crippen molar-refractivity contribution < 1.29 is 4.74 Å². The molecule has 62 valence electrons. The molecule has 0 unspecified atom stereocenters. The molecule has 0 bridgehead atoms. The van der Waals surface area contributed by atoms with E-state index in [-0.39, 0.29) is 5.54 Å². The molecule has 0 fully saturated rings. The van der Waals surface area contributed by atoms with Crippen molar-refractivity contribution >= 4 is 0 Å². The minimum absolute atomic E-state index is 0.111. The SMILES string of the molecule is CC1(C)CC2=C(NN1)OCN2. The number of hydrazine groups is 1. The second-order valence-electron chi connectivity index (χ2n) is 3.58. The maximum absolute atomic E-state index is 5.25. The predicted molar refractivity (Wildman–Crippen MR) is 41.1 cm³/mol. The number of ether oxygens (including phenoxy) is 1. The lowest BCUT2D eigenvalue weighted by Crippen LogP contribution is -2.51. The van der Waals surface area contributed by atoms with Gasteiger partial charge >= 0.3 is 0 Å². The van der Waals surface area contributed by atoms with Gasteiger partial charge in [0.25, 0.3) is 0 Å². The van der Waals surface area contributed by atoms with Crippen molar-refractivity contribution in [2.45, 2.75) is 25.8 Å². The topological polar surface area (TPSA) is 45.3 Å². The monoisotopic (exact) mass is 155 g/mol. The molecule has 0 aromatic heterocycles. The van der Waals surface area contributed by atoms with E-state index in [2.05, 4.69) is 30.0 Å². The van der Waals surface area contributed by atoms with Gasteiger partial charge in [-0.15, -0.1) is 0 Å². The quantitative estimate of drug-likeness (QED) is 0.461. The second-order valence-corrected chi connectivity index (χ2v) is 3.58. The van der Waals surface area contributed by atoms with Gasteiger partial charge in [0, 0.05) is 12.0 Å². The summed E-state index contributed by atoms with van der Waals surface area (Å²) in [4.78, 5) is 0. The van der Waals surface area contributed by atoms with E-state index in [0.29, 0.717) is 6.73 Å². The molecular formula is C7H13N3O. The van der Waals surface area contributed by atoms with Gasteiger partial charge in [0.05, 0.1) is 5.70 Å². The maximum atomic E-state index is 5.25. The van der Waals surface area contributed by atoms with Crippen LogP contribution in [0, 0.1) is 0 Å². The molecule has 0 radical (unpaired) electrons. The smallest absolute Gasteiger partial charge is 0.222 e. The van der Waals surface area contributed by atoms with Crippen LogP contribution in [-0.4, -0.2) is 12.3 Å². The highest BCUT2D eigenvalue weighted by Crippen LogP contribution is 2.22. The Kier molecular flexibility index (Phi) is 1.26. The summed E-state index contributed by atoms with van der Waals surface area (Å²) in [7, 11) is 0. The minimum Gasteiger partial charge on any atom is -0.456 e. The molecule has 0 aromatic carbocycles. The van der Waals surface area contributed by atoms with Crippen LogP contribution in [-0.2, 0) is 4.74 Å². The Balaban J connectivity index is 2.17. The first-order valence-corrected chi connectivity index (χ1v) is 3.80. The van der Waals surface area contributed by atoms with E-state index in [1.807, 2.05) is 0 Å². The lowest BCUT2D eigenvalue weighted by molar-refractivity contribution is 0.183. The van der Waals surface area contributed by atoms with E-state index in [9.17, 15) is 0 Å². The summed E-state index contributed by atoms with van der Waals surface area (Å²) in [5.41, 5.74) is 7.46. The molecule has 2 aliphatic heterocycles. The van der Waals surface area contributed by atoms with Crippen molar-refractivity contribution in [3.05, 3.63) is 11.6 Å². The summed E-state index contributed by atoms with van der Waals surface area (Å²) in [5.74, 6) is 0.851. The first kappa shape index (κ1) is 6.79. The third kappa shape index (κ3) is 1.14. The Morgan fingerprint density at radius 1 is 1.45 bits per heavy atom. The van der Waals surface area contributed by atoms with Gasteiger partial charge in [0.2, 0.25) is 5.88 Å². The van der Waals surface area contributed by atoms with Crippen LogP contribution in [0.5, 0.6) is 0 Å². The molecule has 0 spiro atoms. The lowest BCUT2D eigenvalue weighted by atomic mass is 9.98. The van der Waals surface area contributed by atoms with Crippen molar-refractivity contribution in [2.24, 2.45) is 0 Å². The fraction of sp³-hybridized carbons (Fsp3) is 0.714. The highest BCUT2D eigenvalue weighted by atomic mass is 16.5. The van der Waals surface area contributed by atoms with Crippen LogP contribution in [0.1, 0.15) is 20.3 Å². The van der Waals surface area contributed by atoms with Crippen LogP contribution < -0.4 is 16.2 Å². The molecule has 0 aromatic rings. The average molecular weight is 155 g/mol. The standard InChI is InChI=1S/C7H13N3O/c1-7(2)3-5-6(9-10-7)11-4-8-5/h8-10H,3-4H2,1-2H3. The summed E-state index contributed by atoms with van der Waals surface area (Å²) in [6, 6.07) is 0. The fourth-order valence-corrected chi connectivity index (χ4v) is 1.33. The number of hydrogen-bond donors (Lipinski definition) is 3. The lowest BCUT2D eigenvalue weighted by Gasteiger charge is -2.31. The summed E-state index contributed by atoms with van der Waals surface area (Å²) >= 11 is 0. The maximum Gasteiger partial charge on any atom is 0.222 e. The van der Waals surface area contributed by atoms with Crippen LogP contribution in [0.25, 0.3) is 0 Å².